The first-order valence-corrected chi connectivity index (χ1v) is 8.52. The summed E-state index contributed by atoms with van der Waals surface area (Å²) >= 11 is -0.856. The van der Waals surface area contributed by atoms with Gasteiger partial charge in [-0.1, -0.05) is 24.3 Å². The van der Waals surface area contributed by atoms with Crippen molar-refractivity contribution in [2.24, 2.45) is 0 Å². The number of allylic oxidation sites excluding steroid dienone is 2. The average molecular weight is 435 g/mol. The van der Waals surface area contributed by atoms with Crippen LogP contribution in [0.1, 0.15) is 26.3 Å². The van der Waals surface area contributed by atoms with E-state index in [9.17, 15) is 40.3 Å². The van der Waals surface area contributed by atoms with Gasteiger partial charge in [-0.25, -0.2) is 4.39 Å². The van der Waals surface area contributed by atoms with Crippen LogP contribution in [0.25, 0.3) is 0 Å². The van der Waals surface area contributed by atoms with Crippen LogP contribution in [-0.2, 0) is 6.18 Å². The Morgan fingerprint density at radius 1 is 0.828 bits per heavy atom. The van der Waals surface area contributed by atoms with Crippen molar-refractivity contribution in [2.45, 2.75) is 11.7 Å². The first-order chi connectivity index (χ1) is 13.4. The largest absolute Gasteiger partial charge is 0.446 e. The lowest BCUT2D eigenvalue weighted by Gasteiger charge is -2.22. The van der Waals surface area contributed by atoms with Crippen molar-refractivity contribution in [3.05, 3.63) is 75.6 Å². The van der Waals surface area contributed by atoms with Crippen LogP contribution in [0.4, 0.5) is 36.4 Å². The fourth-order valence-electron chi connectivity index (χ4n) is 2.64. The van der Waals surface area contributed by atoms with E-state index >= 15 is 0 Å². The van der Waals surface area contributed by atoms with Gasteiger partial charge in [0.15, 0.2) is 0 Å². The second kappa shape index (κ2) is 7.21. The number of halogens is 7. The third-order valence-electron chi connectivity index (χ3n) is 3.84. The number of alkyl halides is 6. The fourth-order valence-corrected chi connectivity index (χ4v) is 3.32. The number of anilines is 1. The molecule has 152 valence electrons. The number of Topliss-reactive ketones (excluding diaryl/α,β-unsaturated/α-hetero) is 2. The summed E-state index contributed by atoms with van der Waals surface area (Å²) in [5, 5.41) is 2.14. The minimum Gasteiger partial charge on any atom is -0.351 e. The number of hydrogen-bond donors (Lipinski definition) is 1. The molecule has 0 radical (unpaired) electrons. The maximum atomic E-state index is 13.4. The molecule has 0 unspecified atom stereocenters. The molecule has 0 amide bonds. The lowest BCUT2D eigenvalue weighted by molar-refractivity contribution is -0.139. The minimum atomic E-state index is -5.07. The molecular formula is C18H8F7NO2S. The molecule has 1 aliphatic rings. The molecule has 3 nitrogen and oxygen atoms in total. The van der Waals surface area contributed by atoms with Gasteiger partial charge in [0, 0.05) is 16.8 Å². The summed E-state index contributed by atoms with van der Waals surface area (Å²) in [6.45, 7) is 0. The molecular weight excluding hydrogens is 427 g/mol. The van der Waals surface area contributed by atoms with Gasteiger partial charge < -0.3 is 5.32 Å². The number of hydrogen-bond acceptors (Lipinski definition) is 4. The predicted molar refractivity (Wildman–Crippen MR) is 90.8 cm³/mol. The molecule has 0 fully saturated rings. The number of benzene rings is 2. The highest BCUT2D eigenvalue weighted by Crippen LogP contribution is 2.42. The van der Waals surface area contributed by atoms with Gasteiger partial charge >= 0.3 is 11.7 Å². The van der Waals surface area contributed by atoms with Gasteiger partial charge in [-0.05, 0) is 30.0 Å². The summed E-state index contributed by atoms with van der Waals surface area (Å²) in [6.07, 6.45) is -5.07. The molecule has 0 heterocycles. The van der Waals surface area contributed by atoms with E-state index in [4.69, 9.17) is 0 Å². The highest BCUT2D eigenvalue weighted by molar-refractivity contribution is 8.04. The second-order valence-corrected chi connectivity index (χ2v) is 6.85. The molecule has 0 aromatic heterocycles. The van der Waals surface area contributed by atoms with Crippen molar-refractivity contribution in [3.63, 3.8) is 0 Å². The molecule has 1 N–H and O–H groups in total. The quantitative estimate of drug-likeness (QED) is 0.619. The van der Waals surface area contributed by atoms with Crippen LogP contribution < -0.4 is 5.32 Å². The molecule has 0 bridgehead atoms. The summed E-state index contributed by atoms with van der Waals surface area (Å²) in [7, 11) is 0. The Morgan fingerprint density at radius 3 is 1.97 bits per heavy atom. The number of carbonyl (C=O) groups is 2. The molecule has 0 spiro atoms. The zero-order chi connectivity index (χ0) is 21.6. The van der Waals surface area contributed by atoms with Crippen molar-refractivity contribution in [2.75, 3.05) is 5.32 Å². The Morgan fingerprint density at radius 2 is 1.41 bits per heavy atom. The highest BCUT2D eigenvalue weighted by Gasteiger charge is 2.40. The Hall–Kier alpha value is -2.82. The normalized spacial score (nSPS) is 14.9. The van der Waals surface area contributed by atoms with E-state index in [0.717, 1.165) is 6.07 Å². The lowest BCUT2D eigenvalue weighted by atomic mass is 9.92. The SMILES string of the molecule is O=C1C(Nc2ccc(F)c(C(F)(F)F)c2)=C(SC(F)(F)F)C(=O)c2ccccc21. The number of nitrogens with one attached hydrogen (secondary N) is 1. The zero-order valence-corrected chi connectivity index (χ0v) is 14.7. The minimum absolute atomic E-state index is 0.204. The van der Waals surface area contributed by atoms with E-state index in [1.807, 2.05) is 0 Å². The summed E-state index contributed by atoms with van der Waals surface area (Å²) in [5.41, 5.74) is -8.42. The zero-order valence-electron chi connectivity index (χ0n) is 13.9. The van der Waals surface area contributed by atoms with Crippen LogP contribution in [0.2, 0.25) is 0 Å². The Balaban J connectivity index is 2.12. The molecule has 11 heteroatoms. The lowest BCUT2D eigenvalue weighted by Crippen LogP contribution is -2.26. The molecule has 1 aliphatic carbocycles. The molecule has 0 aliphatic heterocycles. The van der Waals surface area contributed by atoms with Crippen LogP contribution in [0.5, 0.6) is 0 Å². The van der Waals surface area contributed by atoms with Crippen LogP contribution in [0.3, 0.4) is 0 Å². The smallest absolute Gasteiger partial charge is 0.351 e. The molecule has 2 aromatic rings. The summed E-state index contributed by atoms with van der Waals surface area (Å²) in [6, 6.07) is 6.67. The summed E-state index contributed by atoms with van der Waals surface area (Å²) in [5.74, 6) is -3.72. The Kier molecular flexibility index (Phi) is 5.20. The third kappa shape index (κ3) is 4.29. The molecule has 0 saturated heterocycles. The number of rotatable bonds is 3. The number of carbonyl (C=O) groups excluding carboxylic acids is 2. The van der Waals surface area contributed by atoms with Gasteiger partial charge in [-0.15, -0.1) is 0 Å². The summed E-state index contributed by atoms with van der Waals surface area (Å²) < 4.78 is 90.9. The van der Waals surface area contributed by atoms with E-state index in [1.54, 1.807) is 0 Å². The fraction of sp³-hybridized carbons (Fsp3) is 0.111. The third-order valence-corrected chi connectivity index (χ3v) is 4.66. The standard InChI is InChI=1S/C18H8F7NO2S/c19-12-6-5-8(7-11(12)17(20,21)22)26-13-14(27)9-3-1-2-4-10(9)15(28)16(13)29-18(23,24)25/h1-7,26H. The maximum absolute atomic E-state index is 13.4. The average Bonchev–Trinajstić information content (AvgIpc) is 2.62. The first kappa shape index (κ1) is 20.9. The van der Waals surface area contributed by atoms with Gasteiger partial charge in [-0.3, -0.25) is 9.59 Å². The topological polar surface area (TPSA) is 46.2 Å². The van der Waals surface area contributed by atoms with E-state index in [1.165, 1.54) is 24.3 Å². The van der Waals surface area contributed by atoms with Gasteiger partial charge in [-0.2, -0.15) is 26.3 Å². The second-order valence-electron chi connectivity index (χ2n) is 5.77. The van der Waals surface area contributed by atoms with Crippen molar-refractivity contribution < 1.29 is 40.3 Å². The molecule has 0 saturated carbocycles. The van der Waals surface area contributed by atoms with Crippen molar-refractivity contribution in [1.29, 1.82) is 0 Å². The Labute approximate surface area is 162 Å². The van der Waals surface area contributed by atoms with Crippen LogP contribution >= 0.6 is 11.8 Å². The van der Waals surface area contributed by atoms with Crippen LogP contribution in [0.15, 0.2) is 53.1 Å². The van der Waals surface area contributed by atoms with Crippen molar-refractivity contribution in [1.82, 2.24) is 0 Å². The molecule has 2 aromatic carbocycles. The van der Waals surface area contributed by atoms with E-state index < -0.39 is 62.7 Å². The molecule has 0 atom stereocenters. The van der Waals surface area contributed by atoms with Crippen LogP contribution in [-0.4, -0.2) is 17.1 Å². The highest BCUT2D eigenvalue weighted by atomic mass is 32.2. The maximum Gasteiger partial charge on any atom is 0.446 e. The van der Waals surface area contributed by atoms with E-state index in [0.29, 0.717) is 12.1 Å². The molecule has 3 rings (SSSR count). The number of thioether (sulfide) groups is 1. The van der Waals surface area contributed by atoms with Crippen LogP contribution in [0, 0.1) is 5.82 Å². The Bertz CT molecular complexity index is 1040. The molecule has 29 heavy (non-hydrogen) atoms. The number of ketones is 2. The van der Waals surface area contributed by atoms with E-state index in [-0.39, 0.29) is 11.1 Å². The van der Waals surface area contributed by atoms with E-state index in [2.05, 4.69) is 5.32 Å². The summed E-state index contributed by atoms with van der Waals surface area (Å²) in [4.78, 5) is 24.2. The van der Waals surface area contributed by atoms with Crippen molar-refractivity contribution >= 4 is 29.0 Å². The monoisotopic (exact) mass is 435 g/mol. The van der Waals surface area contributed by atoms with Crippen molar-refractivity contribution in [3.8, 4) is 0 Å². The van der Waals surface area contributed by atoms with Gasteiger partial charge in [0.25, 0.3) is 0 Å². The van der Waals surface area contributed by atoms with Gasteiger partial charge in [0.05, 0.1) is 10.5 Å². The van der Waals surface area contributed by atoms with Gasteiger partial charge in [0.1, 0.15) is 11.5 Å². The predicted octanol–water partition coefficient (Wildman–Crippen LogP) is 5.80. The van der Waals surface area contributed by atoms with Gasteiger partial charge in [0.2, 0.25) is 11.6 Å². The first-order valence-electron chi connectivity index (χ1n) is 7.70. The number of fused-ring (bicyclic) bond motifs is 1.